The van der Waals surface area contributed by atoms with Crippen LogP contribution in [0.4, 0.5) is 4.79 Å². The van der Waals surface area contributed by atoms with E-state index in [-0.39, 0.29) is 31.2 Å². The zero-order chi connectivity index (χ0) is 22.4. The third kappa shape index (κ3) is 5.46. The molecule has 2 N–H and O–H groups in total. The Hall–Kier alpha value is -2.81. The molecule has 2 saturated heterocycles. The summed E-state index contributed by atoms with van der Waals surface area (Å²) in [5, 5.41) is 5.66. The normalized spacial score (nSPS) is 21.3. The zero-order valence-electron chi connectivity index (χ0n) is 18.5. The number of ether oxygens (including phenoxy) is 2. The number of carbonyl (C=O) groups is 3. The van der Waals surface area contributed by atoms with Gasteiger partial charge in [0.25, 0.3) is 5.91 Å². The average molecular weight is 433 g/mol. The van der Waals surface area contributed by atoms with E-state index < -0.39 is 12.1 Å². The quantitative estimate of drug-likeness (QED) is 0.544. The summed E-state index contributed by atoms with van der Waals surface area (Å²) in [6.45, 7) is 4.95. The number of hydrogen-bond donors (Lipinski definition) is 2. The van der Waals surface area contributed by atoms with E-state index in [2.05, 4.69) is 22.5 Å². The Morgan fingerprint density at radius 2 is 2.00 bits per heavy atom. The second-order valence-corrected chi connectivity index (χ2v) is 7.88. The molecule has 3 rings (SSSR count). The molecule has 2 heterocycles. The summed E-state index contributed by atoms with van der Waals surface area (Å²) >= 11 is 0. The first-order valence-corrected chi connectivity index (χ1v) is 10.8. The van der Waals surface area contributed by atoms with Crippen molar-refractivity contribution in [1.29, 1.82) is 0 Å². The third-order valence-electron chi connectivity index (χ3n) is 6.00. The van der Waals surface area contributed by atoms with E-state index >= 15 is 0 Å². The van der Waals surface area contributed by atoms with Crippen LogP contribution < -0.4 is 20.1 Å². The molecule has 170 valence electrons. The Morgan fingerprint density at radius 3 is 2.71 bits per heavy atom. The van der Waals surface area contributed by atoms with Gasteiger partial charge < -0.3 is 20.1 Å². The van der Waals surface area contributed by atoms with Gasteiger partial charge in [0.1, 0.15) is 6.04 Å². The van der Waals surface area contributed by atoms with Crippen molar-refractivity contribution in [1.82, 2.24) is 20.4 Å². The predicted molar refractivity (Wildman–Crippen MR) is 115 cm³/mol. The molecule has 9 heteroatoms. The smallest absolute Gasteiger partial charge is 0.325 e. The largest absolute Gasteiger partial charge is 0.493 e. The molecule has 0 spiro atoms. The van der Waals surface area contributed by atoms with Crippen LogP contribution in [0.15, 0.2) is 18.2 Å². The number of hydrogen-bond acceptors (Lipinski definition) is 6. The van der Waals surface area contributed by atoms with E-state index in [0.717, 1.165) is 31.5 Å². The number of likely N-dealkylation sites (tertiary alicyclic amines) is 1. The van der Waals surface area contributed by atoms with E-state index in [1.807, 2.05) is 0 Å². The molecule has 1 aromatic rings. The van der Waals surface area contributed by atoms with E-state index in [9.17, 15) is 14.4 Å². The van der Waals surface area contributed by atoms with Gasteiger partial charge in [-0.15, -0.1) is 0 Å². The topological polar surface area (TPSA) is 100 Å². The summed E-state index contributed by atoms with van der Waals surface area (Å²) < 4.78 is 10.5. The molecule has 4 amide bonds. The summed E-state index contributed by atoms with van der Waals surface area (Å²) in [6, 6.07) is 4.51. The lowest BCUT2D eigenvalue weighted by Crippen LogP contribution is -2.40. The van der Waals surface area contributed by atoms with Crippen molar-refractivity contribution in [3.63, 3.8) is 0 Å². The van der Waals surface area contributed by atoms with Crippen molar-refractivity contribution in [2.24, 2.45) is 0 Å². The van der Waals surface area contributed by atoms with Crippen molar-refractivity contribution >= 4 is 17.8 Å². The fourth-order valence-corrected chi connectivity index (χ4v) is 4.22. The van der Waals surface area contributed by atoms with Crippen LogP contribution in [0.1, 0.15) is 38.2 Å². The van der Waals surface area contributed by atoms with Crippen molar-refractivity contribution in [3.8, 4) is 11.5 Å². The molecule has 9 nitrogen and oxygen atoms in total. The van der Waals surface area contributed by atoms with E-state index in [1.165, 1.54) is 12.0 Å². The zero-order valence-corrected chi connectivity index (χ0v) is 18.5. The number of carbonyl (C=O) groups excluding carboxylic acids is 3. The first-order chi connectivity index (χ1) is 15.0. The molecule has 0 aliphatic carbocycles. The van der Waals surface area contributed by atoms with Crippen LogP contribution in [-0.4, -0.2) is 73.6 Å². The second kappa shape index (κ2) is 10.5. The second-order valence-electron chi connectivity index (χ2n) is 7.88. The van der Waals surface area contributed by atoms with Gasteiger partial charge in [-0.2, -0.15) is 0 Å². The number of nitrogens with one attached hydrogen (secondary N) is 2. The van der Waals surface area contributed by atoms with Gasteiger partial charge in [-0.05, 0) is 50.0 Å². The van der Waals surface area contributed by atoms with Gasteiger partial charge in [-0.1, -0.05) is 13.0 Å². The summed E-state index contributed by atoms with van der Waals surface area (Å²) in [7, 11) is 3.08. The lowest BCUT2D eigenvalue weighted by Gasteiger charge is -2.22. The molecule has 2 fully saturated rings. The fraction of sp³-hybridized carbons (Fsp3) is 0.591. The standard InChI is InChI=1S/C22H32N4O5/c1-4-25-11-5-6-16(25)13-23-20(27)10-8-17-21(28)26(22(29)24-17)14-15-7-9-18(30-2)19(12-15)31-3/h7,9,12,16-17H,4-6,8,10-11,13-14H2,1-3H3,(H,23,27)(H,24,29)/t16?,17-/m0/s1. The first-order valence-electron chi connectivity index (χ1n) is 10.8. The maximum absolute atomic E-state index is 12.7. The molecule has 2 aliphatic rings. The molecule has 0 aromatic heterocycles. The highest BCUT2D eigenvalue weighted by molar-refractivity contribution is 6.04. The van der Waals surface area contributed by atoms with Gasteiger partial charge in [0.2, 0.25) is 5.91 Å². The van der Waals surface area contributed by atoms with Crippen LogP contribution in [0.2, 0.25) is 0 Å². The Morgan fingerprint density at radius 1 is 1.23 bits per heavy atom. The SMILES string of the molecule is CCN1CCCC1CNC(=O)CC[C@@H]1NC(=O)N(Cc2ccc(OC)c(OC)c2)C1=O. The molecule has 31 heavy (non-hydrogen) atoms. The Bertz CT molecular complexity index is 815. The minimum atomic E-state index is -0.683. The van der Waals surface area contributed by atoms with Crippen molar-refractivity contribution in [2.75, 3.05) is 33.9 Å². The number of imide groups is 1. The molecule has 0 radical (unpaired) electrons. The fourth-order valence-electron chi connectivity index (χ4n) is 4.22. The number of methoxy groups -OCH3 is 2. The molecule has 1 unspecified atom stereocenters. The highest BCUT2D eigenvalue weighted by Crippen LogP contribution is 2.28. The molecule has 2 aliphatic heterocycles. The Labute approximate surface area is 183 Å². The van der Waals surface area contributed by atoms with Crippen LogP contribution in [0.5, 0.6) is 11.5 Å². The molecular formula is C22H32N4O5. The number of benzene rings is 1. The summed E-state index contributed by atoms with van der Waals surface area (Å²) in [4.78, 5) is 40.8. The molecule has 1 aromatic carbocycles. The maximum atomic E-state index is 12.7. The predicted octanol–water partition coefficient (Wildman–Crippen LogP) is 1.50. The van der Waals surface area contributed by atoms with Gasteiger partial charge in [0.15, 0.2) is 11.5 Å². The third-order valence-corrected chi connectivity index (χ3v) is 6.00. The monoisotopic (exact) mass is 432 g/mol. The molecule has 2 atom stereocenters. The summed E-state index contributed by atoms with van der Waals surface area (Å²) in [5.74, 6) is 0.694. The molecule has 0 bridgehead atoms. The van der Waals surface area contributed by atoms with Gasteiger partial charge in [0.05, 0.1) is 20.8 Å². The van der Waals surface area contributed by atoms with Crippen LogP contribution >= 0.6 is 0 Å². The summed E-state index contributed by atoms with van der Waals surface area (Å²) in [6.07, 6.45) is 2.73. The van der Waals surface area contributed by atoms with Crippen LogP contribution in [0, 0.1) is 0 Å². The minimum Gasteiger partial charge on any atom is -0.493 e. The molecule has 0 saturated carbocycles. The maximum Gasteiger partial charge on any atom is 0.325 e. The Kier molecular flexibility index (Phi) is 7.73. The number of rotatable bonds is 10. The van der Waals surface area contributed by atoms with Crippen molar-refractivity contribution in [2.45, 2.75) is 51.2 Å². The Balaban J connectivity index is 1.49. The summed E-state index contributed by atoms with van der Waals surface area (Å²) in [5.41, 5.74) is 0.747. The lowest BCUT2D eigenvalue weighted by molar-refractivity contribution is -0.128. The van der Waals surface area contributed by atoms with E-state index in [1.54, 1.807) is 25.3 Å². The van der Waals surface area contributed by atoms with Crippen molar-refractivity contribution in [3.05, 3.63) is 23.8 Å². The van der Waals surface area contributed by atoms with Crippen LogP contribution in [0.25, 0.3) is 0 Å². The number of urea groups is 1. The average Bonchev–Trinajstić information content (AvgIpc) is 3.35. The highest BCUT2D eigenvalue weighted by Gasteiger charge is 2.38. The van der Waals surface area contributed by atoms with Gasteiger partial charge >= 0.3 is 6.03 Å². The van der Waals surface area contributed by atoms with Crippen LogP contribution in [0.3, 0.4) is 0 Å². The van der Waals surface area contributed by atoms with Gasteiger partial charge in [-0.3, -0.25) is 19.4 Å². The van der Waals surface area contributed by atoms with Gasteiger partial charge in [0, 0.05) is 19.0 Å². The highest BCUT2D eigenvalue weighted by atomic mass is 16.5. The van der Waals surface area contributed by atoms with E-state index in [0.29, 0.717) is 24.1 Å². The lowest BCUT2D eigenvalue weighted by atomic mass is 10.1. The minimum absolute atomic E-state index is 0.0941. The molecular weight excluding hydrogens is 400 g/mol. The van der Waals surface area contributed by atoms with Crippen molar-refractivity contribution < 1.29 is 23.9 Å². The van der Waals surface area contributed by atoms with Crippen LogP contribution in [-0.2, 0) is 16.1 Å². The number of likely N-dealkylation sites (N-methyl/N-ethyl adjacent to an activating group) is 1. The number of nitrogens with zero attached hydrogens (tertiary/aromatic N) is 2. The number of amides is 4. The van der Waals surface area contributed by atoms with Gasteiger partial charge in [-0.25, -0.2) is 4.79 Å². The van der Waals surface area contributed by atoms with E-state index in [4.69, 9.17) is 9.47 Å². The first kappa shape index (κ1) is 22.9.